The molecule has 1 aromatic carbocycles. The summed E-state index contributed by atoms with van der Waals surface area (Å²) in [5.74, 6) is 0. The first-order valence-corrected chi connectivity index (χ1v) is 6.56. The third-order valence-electron chi connectivity index (χ3n) is 2.29. The van der Waals surface area contributed by atoms with Gasteiger partial charge < -0.3 is 11.1 Å². The molecule has 0 aliphatic rings. The smallest absolute Gasteiger partial charge is 0.0992 e. The zero-order chi connectivity index (χ0) is 13.1. The lowest BCUT2D eigenvalue weighted by molar-refractivity contribution is 1.31. The van der Waals surface area contributed by atoms with Crippen LogP contribution in [0.2, 0.25) is 0 Å². The third kappa shape index (κ3) is 2.63. The molecule has 0 fully saturated rings. The second kappa shape index (κ2) is 5.38. The molecule has 3 N–H and O–H groups in total. The molecule has 0 unspecified atom stereocenters. The van der Waals surface area contributed by atoms with Gasteiger partial charge in [-0.05, 0) is 50.1 Å². The molecule has 0 aliphatic carbocycles. The Morgan fingerprint density at radius 3 is 2.61 bits per heavy atom. The minimum absolute atomic E-state index is 0.542. The van der Waals surface area contributed by atoms with E-state index in [0.29, 0.717) is 11.3 Å². The highest BCUT2D eigenvalue weighted by Crippen LogP contribution is 2.33. The second-order valence-electron chi connectivity index (χ2n) is 3.52. The van der Waals surface area contributed by atoms with Crippen molar-refractivity contribution in [2.75, 3.05) is 11.1 Å². The van der Waals surface area contributed by atoms with Crippen LogP contribution in [0.5, 0.6) is 0 Å². The Bertz CT molecular complexity index is 614. The molecule has 0 saturated carbocycles. The summed E-state index contributed by atoms with van der Waals surface area (Å²) >= 11 is 6.79. The largest absolute Gasteiger partial charge is 0.396 e. The maximum Gasteiger partial charge on any atom is 0.0992 e. The Kier molecular flexibility index (Phi) is 3.84. The number of anilines is 3. The van der Waals surface area contributed by atoms with E-state index in [1.165, 1.54) is 0 Å². The van der Waals surface area contributed by atoms with Gasteiger partial charge in [0.05, 0.1) is 39.4 Å². The maximum absolute atomic E-state index is 8.80. The number of hydrogen-bond acceptors (Lipinski definition) is 4. The first-order valence-electron chi connectivity index (χ1n) is 4.97. The highest BCUT2D eigenvalue weighted by atomic mass is 79.9. The second-order valence-corrected chi connectivity index (χ2v) is 5.23. The molecular weight excluding hydrogens is 360 g/mol. The van der Waals surface area contributed by atoms with Gasteiger partial charge >= 0.3 is 0 Å². The van der Waals surface area contributed by atoms with E-state index >= 15 is 0 Å². The number of nitriles is 1. The lowest BCUT2D eigenvalue weighted by atomic mass is 10.2. The van der Waals surface area contributed by atoms with Gasteiger partial charge in [0, 0.05) is 10.7 Å². The number of nitrogens with two attached hydrogens (primary N) is 1. The molecule has 2 rings (SSSR count). The molecule has 4 nitrogen and oxygen atoms in total. The molecule has 1 aromatic heterocycles. The van der Waals surface area contributed by atoms with Crippen LogP contribution in [0.3, 0.4) is 0 Å². The van der Waals surface area contributed by atoms with Crippen molar-refractivity contribution in [3.05, 3.63) is 45.1 Å². The van der Waals surface area contributed by atoms with Crippen LogP contribution in [0.25, 0.3) is 0 Å². The summed E-state index contributed by atoms with van der Waals surface area (Å²) in [4.78, 5) is 3.97. The summed E-state index contributed by atoms with van der Waals surface area (Å²) < 4.78 is 1.57. The van der Waals surface area contributed by atoms with Crippen LogP contribution in [0.1, 0.15) is 5.56 Å². The van der Waals surface area contributed by atoms with Crippen molar-refractivity contribution in [3.8, 4) is 6.07 Å². The van der Waals surface area contributed by atoms with Crippen molar-refractivity contribution in [3.63, 3.8) is 0 Å². The average Bonchev–Trinajstić information content (AvgIpc) is 2.35. The Balaban J connectivity index is 2.38. The Hall–Kier alpha value is -1.58. The summed E-state index contributed by atoms with van der Waals surface area (Å²) in [6, 6.07) is 7.37. The normalized spacial score (nSPS) is 9.83. The van der Waals surface area contributed by atoms with Crippen LogP contribution in [0, 0.1) is 11.3 Å². The molecule has 0 amide bonds. The van der Waals surface area contributed by atoms with Gasteiger partial charge in [-0.25, -0.2) is 0 Å². The molecule has 0 spiro atoms. The Morgan fingerprint density at radius 2 is 2.00 bits per heavy atom. The number of benzene rings is 1. The molecule has 0 aliphatic heterocycles. The molecule has 1 heterocycles. The highest BCUT2D eigenvalue weighted by molar-refractivity contribution is 9.11. The van der Waals surface area contributed by atoms with Gasteiger partial charge in [0.25, 0.3) is 0 Å². The van der Waals surface area contributed by atoms with E-state index < -0.39 is 0 Å². The van der Waals surface area contributed by atoms with Gasteiger partial charge in [-0.1, -0.05) is 0 Å². The molecular formula is C12H8Br2N4. The van der Waals surface area contributed by atoms with Gasteiger partial charge in [0.2, 0.25) is 0 Å². The third-order valence-corrected chi connectivity index (χ3v) is 3.54. The van der Waals surface area contributed by atoms with E-state index in [2.05, 4.69) is 48.2 Å². The fraction of sp³-hybridized carbons (Fsp3) is 0. The Morgan fingerprint density at radius 1 is 1.22 bits per heavy atom. The van der Waals surface area contributed by atoms with E-state index in [4.69, 9.17) is 11.0 Å². The topological polar surface area (TPSA) is 74.7 Å². The minimum atomic E-state index is 0.542. The Labute approximate surface area is 121 Å². The van der Waals surface area contributed by atoms with Gasteiger partial charge in [-0.3, -0.25) is 4.98 Å². The fourth-order valence-electron chi connectivity index (χ4n) is 1.40. The summed E-state index contributed by atoms with van der Waals surface area (Å²) in [6.07, 6.45) is 3.24. The average molecular weight is 368 g/mol. The number of rotatable bonds is 2. The predicted octanol–water partition coefficient (Wildman–Crippen LogP) is 3.80. The number of nitrogens with one attached hydrogen (secondary N) is 1. The SMILES string of the molecule is N#Cc1ccc(Nc2c(N)cncc2Br)c(Br)c1. The van der Waals surface area contributed by atoms with Crippen molar-refractivity contribution >= 4 is 48.9 Å². The molecule has 2 aromatic rings. The van der Waals surface area contributed by atoms with E-state index in [1.807, 2.05) is 6.07 Å². The van der Waals surface area contributed by atoms with Crippen LogP contribution < -0.4 is 11.1 Å². The van der Waals surface area contributed by atoms with Crippen LogP contribution in [0.15, 0.2) is 39.5 Å². The van der Waals surface area contributed by atoms with Crippen molar-refractivity contribution < 1.29 is 0 Å². The van der Waals surface area contributed by atoms with E-state index in [-0.39, 0.29) is 0 Å². The van der Waals surface area contributed by atoms with Crippen LogP contribution in [-0.2, 0) is 0 Å². The number of hydrogen-bond donors (Lipinski definition) is 2. The maximum atomic E-state index is 8.80. The number of nitrogens with zero attached hydrogens (tertiary/aromatic N) is 2. The fourth-order valence-corrected chi connectivity index (χ4v) is 2.33. The summed E-state index contributed by atoms with van der Waals surface area (Å²) in [5, 5.41) is 12.0. The summed E-state index contributed by atoms with van der Waals surface area (Å²) in [6.45, 7) is 0. The first-order chi connectivity index (χ1) is 8.61. The zero-order valence-electron chi connectivity index (χ0n) is 9.11. The van der Waals surface area contributed by atoms with Crippen molar-refractivity contribution in [1.82, 2.24) is 4.98 Å². The van der Waals surface area contributed by atoms with Crippen LogP contribution >= 0.6 is 31.9 Å². The van der Waals surface area contributed by atoms with Gasteiger partial charge in [0.1, 0.15) is 0 Å². The number of halogens is 2. The zero-order valence-corrected chi connectivity index (χ0v) is 12.3. The predicted molar refractivity (Wildman–Crippen MR) is 78.5 cm³/mol. The molecule has 0 atom stereocenters. The lowest BCUT2D eigenvalue weighted by Gasteiger charge is -2.12. The molecule has 0 bridgehead atoms. The summed E-state index contributed by atoms with van der Waals surface area (Å²) in [7, 11) is 0. The first kappa shape index (κ1) is 12.9. The molecule has 0 radical (unpaired) electrons. The summed E-state index contributed by atoms with van der Waals surface area (Å²) in [5.41, 5.74) is 8.56. The number of pyridine rings is 1. The lowest BCUT2D eigenvalue weighted by Crippen LogP contribution is -1.99. The molecule has 6 heteroatoms. The van der Waals surface area contributed by atoms with Crippen LogP contribution in [0.4, 0.5) is 17.1 Å². The van der Waals surface area contributed by atoms with Crippen molar-refractivity contribution in [1.29, 1.82) is 5.26 Å². The van der Waals surface area contributed by atoms with E-state index in [1.54, 1.807) is 24.5 Å². The van der Waals surface area contributed by atoms with Gasteiger partial charge in [-0.2, -0.15) is 5.26 Å². The number of aromatic nitrogens is 1. The van der Waals surface area contributed by atoms with Crippen molar-refractivity contribution in [2.24, 2.45) is 0 Å². The quantitative estimate of drug-likeness (QED) is 0.846. The number of nitrogen functional groups attached to an aromatic ring is 1. The van der Waals surface area contributed by atoms with Crippen LogP contribution in [-0.4, -0.2) is 4.98 Å². The van der Waals surface area contributed by atoms with Gasteiger partial charge in [-0.15, -0.1) is 0 Å². The molecule has 18 heavy (non-hydrogen) atoms. The minimum Gasteiger partial charge on any atom is -0.396 e. The molecule has 90 valence electrons. The van der Waals surface area contributed by atoms with Gasteiger partial charge in [0.15, 0.2) is 0 Å². The monoisotopic (exact) mass is 366 g/mol. The van der Waals surface area contributed by atoms with E-state index in [0.717, 1.165) is 20.3 Å². The standard InChI is InChI=1S/C12H8Br2N4/c13-8-3-7(4-15)1-2-11(8)18-12-9(14)5-17-6-10(12)16/h1-3,5-6H,16H2,(H,17,18). The highest BCUT2D eigenvalue weighted by Gasteiger charge is 2.07. The molecule has 0 saturated heterocycles. The van der Waals surface area contributed by atoms with Crippen molar-refractivity contribution in [2.45, 2.75) is 0 Å². The van der Waals surface area contributed by atoms with E-state index in [9.17, 15) is 0 Å².